The lowest BCUT2D eigenvalue weighted by molar-refractivity contribution is -0.137. The molecule has 0 fully saturated rings. The van der Waals surface area contributed by atoms with Crippen LogP contribution in [0.2, 0.25) is 0 Å². The van der Waals surface area contributed by atoms with Crippen molar-refractivity contribution >= 4 is 36.6 Å². The first-order valence-electron chi connectivity index (χ1n) is 7.64. The molecule has 0 radical (unpaired) electrons. The summed E-state index contributed by atoms with van der Waals surface area (Å²) in [6, 6.07) is 1.32. The molecule has 140 valence electrons. The van der Waals surface area contributed by atoms with Crippen molar-refractivity contribution in [2.75, 3.05) is 20.1 Å². The number of hydrogen-bond acceptors (Lipinski definition) is 4. The van der Waals surface area contributed by atoms with Crippen molar-refractivity contribution in [2.45, 2.75) is 45.2 Å². The number of carbonyl (C=O) groups is 2. The molecule has 0 bridgehead atoms. The molecule has 2 amide bonds. The van der Waals surface area contributed by atoms with Gasteiger partial charge in [-0.2, -0.15) is 5.10 Å². The highest BCUT2D eigenvalue weighted by molar-refractivity contribution is 5.86. The van der Waals surface area contributed by atoms with Crippen molar-refractivity contribution in [3.05, 3.63) is 18.5 Å². The van der Waals surface area contributed by atoms with Crippen LogP contribution in [0, 0.1) is 0 Å². The van der Waals surface area contributed by atoms with E-state index in [4.69, 9.17) is 5.73 Å². The van der Waals surface area contributed by atoms with Crippen molar-refractivity contribution in [2.24, 2.45) is 5.73 Å². The zero-order valence-corrected chi connectivity index (χ0v) is 16.3. The van der Waals surface area contributed by atoms with E-state index in [0.29, 0.717) is 6.54 Å². The van der Waals surface area contributed by atoms with Gasteiger partial charge in [0.2, 0.25) is 11.8 Å². The van der Waals surface area contributed by atoms with Crippen LogP contribution < -0.4 is 11.1 Å². The maximum absolute atomic E-state index is 12.3. The quantitative estimate of drug-likeness (QED) is 0.710. The summed E-state index contributed by atoms with van der Waals surface area (Å²) in [5.41, 5.74) is 5.38. The number of hydrogen-bond donors (Lipinski definition) is 2. The summed E-state index contributed by atoms with van der Waals surface area (Å²) in [7, 11) is 1.62. The van der Waals surface area contributed by atoms with Gasteiger partial charge in [0, 0.05) is 26.0 Å². The van der Waals surface area contributed by atoms with Gasteiger partial charge in [-0.05, 0) is 25.8 Å². The Morgan fingerprint density at radius 2 is 1.92 bits per heavy atom. The van der Waals surface area contributed by atoms with E-state index in [2.05, 4.69) is 10.4 Å². The Labute approximate surface area is 156 Å². The highest BCUT2D eigenvalue weighted by Gasteiger charge is 2.28. The molecule has 1 aromatic heterocycles. The van der Waals surface area contributed by atoms with Gasteiger partial charge in [0.15, 0.2) is 0 Å². The Morgan fingerprint density at radius 3 is 2.33 bits per heavy atom. The first kappa shape index (κ1) is 24.9. The molecule has 24 heavy (non-hydrogen) atoms. The van der Waals surface area contributed by atoms with Crippen molar-refractivity contribution in [1.29, 1.82) is 0 Å². The van der Waals surface area contributed by atoms with Crippen LogP contribution in [0.4, 0.5) is 0 Å². The number of halogens is 2. The summed E-state index contributed by atoms with van der Waals surface area (Å²) in [4.78, 5) is 25.9. The lowest BCUT2D eigenvalue weighted by Crippen LogP contribution is -2.55. The second kappa shape index (κ2) is 11.3. The molecule has 7 nitrogen and oxygen atoms in total. The monoisotopic (exact) mass is 381 g/mol. The van der Waals surface area contributed by atoms with Crippen LogP contribution in [0.25, 0.3) is 0 Å². The lowest BCUT2D eigenvalue weighted by Gasteiger charge is -2.32. The molecule has 3 N–H and O–H groups in total. The summed E-state index contributed by atoms with van der Waals surface area (Å²) in [5, 5.41) is 7.01. The van der Waals surface area contributed by atoms with E-state index >= 15 is 0 Å². The molecule has 9 heteroatoms. The molecule has 0 aliphatic carbocycles. The van der Waals surface area contributed by atoms with Crippen LogP contribution in [0.3, 0.4) is 0 Å². The highest BCUT2D eigenvalue weighted by Crippen LogP contribution is 2.13. The van der Waals surface area contributed by atoms with Gasteiger partial charge in [0.1, 0.15) is 6.04 Å². The molecular formula is C15H29Cl2N5O2. The molecule has 1 atom stereocenters. The average molecular weight is 382 g/mol. The highest BCUT2D eigenvalue weighted by atomic mass is 35.5. The summed E-state index contributed by atoms with van der Waals surface area (Å²) in [6.45, 7) is 6.13. The molecule has 0 aliphatic heterocycles. The number of nitrogens with two attached hydrogens (primary N) is 1. The smallest absolute Gasteiger partial charge is 0.247 e. The Hall–Kier alpha value is -1.31. The fraction of sp³-hybridized carbons (Fsp3) is 0.667. The van der Waals surface area contributed by atoms with Gasteiger partial charge in [-0.25, -0.2) is 0 Å². The minimum absolute atomic E-state index is 0. The maximum atomic E-state index is 12.3. The minimum atomic E-state index is -0.440. The maximum Gasteiger partial charge on any atom is 0.247 e. The van der Waals surface area contributed by atoms with Gasteiger partial charge in [0.25, 0.3) is 0 Å². The summed E-state index contributed by atoms with van der Waals surface area (Å²) >= 11 is 0. The predicted molar refractivity (Wildman–Crippen MR) is 99.6 cm³/mol. The average Bonchev–Trinajstić information content (AvgIpc) is 3.05. The van der Waals surface area contributed by atoms with Gasteiger partial charge in [0.05, 0.1) is 12.1 Å². The Balaban J connectivity index is 0. The van der Waals surface area contributed by atoms with Gasteiger partial charge < -0.3 is 16.0 Å². The van der Waals surface area contributed by atoms with Crippen molar-refractivity contribution in [3.63, 3.8) is 0 Å². The van der Waals surface area contributed by atoms with Crippen molar-refractivity contribution < 1.29 is 9.59 Å². The number of carbonyl (C=O) groups excluding carboxylic acids is 2. The van der Waals surface area contributed by atoms with Crippen LogP contribution in [0.1, 0.15) is 39.7 Å². The molecule has 0 spiro atoms. The van der Waals surface area contributed by atoms with Crippen LogP contribution in [-0.2, 0) is 9.59 Å². The van der Waals surface area contributed by atoms with E-state index in [0.717, 1.165) is 12.8 Å². The third kappa shape index (κ3) is 6.30. The lowest BCUT2D eigenvalue weighted by atomic mass is 9.93. The fourth-order valence-corrected chi connectivity index (χ4v) is 2.34. The summed E-state index contributed by atoms with van der Waals surface area (Å²) in [5.74, 6) is -0.358. The normalized spacial score (nSPS) is 11.7. The third-order valence-corrected chi connectivity index (χ3v) is 4.18. The summed E-state index contributed by atoms with van der Waals surface area (Å²) < 4.78 is 1.57. The molecule has 0 aromatic carbocycles. The van der Waals surface area contributed by atoms with Crippen LogP contribution >= 0.6 is 24.8 Å². The zero-order chi connectivity index (χ0) is 16.8. The molecule has 1 rings (SSSR count). The Morgan fingerprint density at radius 1 is 1.33 bits per heavy atom. The topological polar surface area (TPSA) is 93.3 Å². The molecule has 1 unspecified atom stereocenters. The fourth-order valence-electron chi connectivity index (χ4n) is 2.34. The van der Waals surface area contributed by atoms with Crippen LogP contribution in [0.5, 0.6) is 0 Å². The predicted octanol–water partition coefficient (Wildman–Crippen LogP) is 1.38. The first-order valence-corrected chi connectivity index (χ1v) is 7.64. The second-order valence-corrected chi connectivity index (χ2v) is 5.60. The Bertz CT molecular complexity index is 484. The van der Waals surface area contributed by atoms with E-state index in [1.54, 1.807) is 37.1 Å². The van der Waals surface area contributed by atoms with Gasteiger partial charge in [-0.1, -0.05) is 13.8 Å². The largest absolute Gasteiger partial charge is 0.348 e. The van der Waals surface area contributed by atoms with Gasteiger partial charge >= 0.3 is 0 Å². The van der Waals surface area contributed by atoms with Crippen LogP contribution in [-0.4, -0.2) is 52.2 Å². The van der Waals surface area contributed by atoms with E-state index in [-0.39, 0.29) is 43.2 Å². The Kier molecular flexibility index (Phi) is 11.7. The zero-order valence-electron chi connectivity index (χ0n) is 14.7. The van der Waals surface area contributed by atoms with Crippen LogP contribution in [0.15, 0.2) is 18.5 Å². The van der Waals surface area contributed by atoms with Crippen molar-refractivity contribution in [3.8, 4) is 0 Å². The van der Waals surface area contributed by atoms with E-state index in [9.17, 15) is 9.59 Å². The second-order valence-electron chi connectivity index (χ2n) is 5.60. The number of nitrogens with one attached hydrogen (secondary N) is 1. The molecule has 1 aromatic rings. The first-order chi connectivity index (χ1) is 10.4. The number of aromatic nitrogens is 2. The summed E-state index contributed by atoms with van der Waals surface area (Å²) in [6.07, 6.45) is 4.86. The van der Waals surface area contributed by atoms with Crippen molar-refractivity contribution in [1.82, 2.24) is 20.0 Å². The van der Waals surface area contributed by atoms with Gasteiger partial charge in [-0.3, -0.25) is 14.3 Å². The standard InChI is InChI=1S/C15H27N5O2.2ClH/c1-5-15(6-2,11-16)18-13(21)10-19(4)14(22)12(3)20-9-7-8-17-20;;/h7-9,12H,5-6,10-11,16H2,1-4H3,(H,18,21);2*1H. The van der Waals surface area contributed by atoms with E-state index < -0.39 is 11.6 Å². The third-order valence-electron chi connectivity index (χ3n) is 4.18. The minimum Gasteiger partial charge on any atom is -0.348 e. The van der Waals surface area contributed by atoms with E-state index in [1.165, 1.54) is 4.90 Å². The molecule has 0 aliphatic rings. The molecule has 0 saturated carbocycles. The molecular weight excluding hydrogens is 353 g/mol. The van der Waals surface area contributed by atoms with Gasteiger partial charge in [-0.15, -0.1) is 24.8 Å². The molecule has 0 saturated heterocycles. The van der Waals surface area contributed by atoms with E-state index in [1.807, 2.05) is 13.8 Å². The number of likely N-dealkylation sites (N-methyl/N-ethyl adjacent to an activating group) is 1. The SMILES string of the molecule is CCC(CC)(CN)NC(=O)CN(C)C(=O)C(C)n1cccn1.Cl.Cl. The number of rotatable bonds is 8. The molecule has 1 heterocycles. The number of amides is 2. The number of nitrogens with zero attached hydrogens (tertiary/aromatic N) is 3.